The number of hydrogen-bond donors (Lipinski definition) is 1. The Kier molecular flexibility index (Phi) is 6.34. The van der Waals surface area contributed by atoms with Gasteiger partial charge in [0.15, 0.2) is 0 Å². The fourth-order valence-electron chi connectivity index (χ4n) is 0.589. The van der Waals surface area contributed by atoms with E-state index in [2.05, 4.69) is 0 Å². The van der Waals surface area contributed by atoms with E-state index >= 15 is 0 Å². The Bertz CT molecular complexity index is 252. The van der Waals surface area contributed by atoms with Gasteiger partial charge in [-0.2, -0.15) is 5.26 Å². The van der Waals surface area contributed by atoms with Gasteiger partial charge in [0.1, 0.15) is 5.40 Å². The fraction of sp³-hybridized carbons (Fsp3) is 0. The van der Waals surface area contributed by atoms with Crippen LogP contribution in [0.5, 0.6) is 0 Å². The van der Waals surface area contributed by atoms with Gasteiger partial charge in [0.2, 0.25) is 0 Å². The Morgan fingerprint density at radius 3 is 2.27 bits per heavy atom. The molecule has 0 heterocycles. The van der Waals surface area contributed by atoms with Crippen molar-refractivity contribution >= 4 is 68.8 Å². The van der Waals surface area contributed by atoms with E-state index in [9.17, 15) is 0 Å². The van der Waals surface area contributed by atoms with E-state index < -0.39 is 0 Å². The Morgan fingerprint density at radius 1 is 1.27 bits per heavy atom. The van der Waals surface area contributed by atoms with Crippen LogP contribution in [-0.2, 0) is 0 Å². The van der Waals surface area contributed by atoms with E-state index in [0.29, 0.717) is 0 Å². The van der Waals surface area contributed by atoms with Crippen molar-refractivity contribution in [2.75, 3.05) is 5.73 Å². The molecule has 1 aromatic rings. The molecule has 0 fully saturated rings. The Labute approximate surface area is 113 Å². The van der Waals surface area contributed by atoms with Gasteiger partial charge < -0.3 is 5.73 Å². The van der Waals surface area contributed by atoms with Crippen molar-refractivity contribution in [3.05, 3.63) is 24.3 Å². The third-order valence-electron chi connectivity index (χ3n) is 1.04. The van der Waals surface area contributed by atoms with Crippen molar-refractivity contribution in [1.82, 2.24) is 0 Å². The number of nitrogen functional groups attached to an aromatic ring is 1. The molecule has 0 bridgehead atoms. The molecule has 0 atom stereocenters. The van der Waals surface area contributed by atoms with Crippen LogP contribution in [-0.4, -0.2) is 51.4 Å². The number of nitriles is 1. The molecule has 1 rings (SSSR count). The molecule has 0 saturated carbocycles. The SMILES string of the molecule is N#CSc1ccc(N)cc1.[KH]. The number of anilines is 1. The van der Waals surface area contributed by atoms with Crippen LogP contribution in [0, 0.1) is 10.7 Å². The van der Waals surface area contributed by atoms with Crippen molar-refractivity contribution in [3.63, 3.8) is 0 Å². The minimum absolute atomic E-state index is 0. The summed E-state index contributed by atoms with van der Waals surface area (Å²) < 4.78 is 0. The molecular formula is C7H7KN2S. The van der Waals surface area contributed by atoms with Crippen molar-refractivity contribution in [1.29, 1.82) is 5.26 Å². The molecule has 0 aromatic heterocycles. The standard InChI is InChI=1S/C7H6N2S.K.H/c8-5-10-7-3-1-6(9)2-4-7;;/h1-4H,9H2;;. The Hall–Kier alpha value is 0.496. The monoisotopic (exact) mass is 190 g/mol. The Morgan fingerprint density at radius 2 is 1.82 bits per heavy atom. The number of nitrogens with zero attached hydrogens (tertiary/aromatic N) is 1. The summed E-state index contributed by atoms with van der Waals surface area (Å²) in [6, 6.07) is 7.20. The van der Waals surface area contributed by atoms with Gasteiger partial charge in [-0.15, -0.1) is 0 Å². The minimum atomic E-state index is 0. The molecule has 0 aliphatic heterocycles. The summed E-state index contributed by atoms with van der Waals surface area (Å²) in [6.07, 6.45) is 0. The molecule has 0 radical (unpaired) electrons. The van der Waals surface area contributed by atoms with E-state index in [1.807, 2.05) is 17.5 Å². The van der Waals surface area contributed by atoms with Gasteiger partial charge in [0.25, 0.3) is 0 Å². The van der Waals surface area contributed by atoms with Gasteiger partial charge in [0.05, 0.1) is 0 Å². The van der Waals surface area contributed by atoms with E-state index in [-0.39, 0.29) is 51.4 Å². The Balaban J connectivity index is 0.000001000. The van der Waals surface area contributed by atoms with E-state index in [1.165, 1.54) is 0 Å². The number of thiocyanates is 1. The third-order valence-corrected chi connectivity index (χ3v) is 1.64. The molecule has 52 valence electrons. The van der Waals surface area contributed by atoms with E-state index in [0.717, 1.165) is 22.3 Å². The second-order valence-corrected chi connectivity index (χ2v) is 2.62. The number of benzene rings is 1. The summed E-state index contributed by atoms with van der Waals surface area (Å²) in [5.74, 6) is 0. The predicted octanol–water partition coefficient (Wildman–Crippen LogP) is 1.19. The average molecular weight is 190 g/mol. The van der Waals surface area contributed by atoms with Crippen LogP contribution in [0.3, 0.4) is 0 Å². The summed E-state index contributed by atoms with van der Waals surface area (Å²) in [5, 5.41) is 10.2. The maximum atomic E-state index is 8.27. The number of nitrogens with two attached hydrogens (primary N) is 1. The van der Waals surface area contributed by atoms with E-state index in [1.54, 1.807) is 12.1 Å². The summed E-state index contributed by atoms with van der Waals surface area (Å²) in [4.78, 5) is 0.928. The molecule has 2 N–H and O–H groups in total. The molecule has 0 unspecified atom stereocenters. The summed E-state index contributed by atoms with van der Waals surface area (Å²) >= 11 is 1.13. The molecular weight excluding hydrogens is 183 g/mol. The first-order valence-corrected chi connectivity index (χ1v) is 3.56. The molecule has 0 aliphatic carbocycles. The van der Waals surface area contributed by atoms with Crippen molar-refractivity contribution in [2.45, 2.75) is 4.90 Å². The van der Waals surface area contributed by atoms with Gasteiger partial charge in [0, 0.05) is 10.6 Å². The molecule has 0 saturated heterocycles. The van der Waals surface area contributed by atoms with E-state index in [4.69, 9.17) is 11.0 Å². The topological polar surface area (TPSA) is 49.8 Å². The second-order valence-electron chi connectivity index (χ2n) is 1.76. The normalized spacial score (nSPS) is 7.91. The molecule has 4 heteroatoms. The van der Waals surface area contributed by atoms with Crippen LogP contribution >= 0.6 is 11.8 Å². The van der Waals surface area contributed by atoms with Crippen molar-refractivity contribution in [3.8, 4) is 5.40 Å². The first-order chi connectivity index (χ1) is 4.83. The summed E-state index contributed by atoms with van der Waals surface area (Å²) in [7, 11) is 0. The molecule has 2 nitrogen and oxygen atoms in total. The van der Waals surface area contributed by atoms with Crippen molar-refractivity contribution < 1.29 is 0 Å². The third kappa shape index (κ3) is 4.16. The first kappa shape index (κ1) is 11.5. The molecule has 0 amide bonds. The average Bonchev–Trinajstić information content (AvgIpc) is 1.95. The van der Waals surface area contributed by atoms with Gasteiger partial charge >= 0.3 is 51.4 Å². The predicted molar refractivity (Wildman–Crippen MR) is 49.5 cm³/mol. The molecule has 1 aromatic carbocycles. The van der Waals surface area contributed by atoms with Crippen LogP contribution in [0.2, 0.25) is 0 Å². The van der Waals surface area contributed by atoms with Crippen LogP contribution in [0.1, 0.15) is 0 Å². The summed E-state index contributed by atoms with van der Waals surface area (Å²) in [5.41, 5.74) is 6.16. The molecule has 0 aliphatic rings. The molecule has 0 spiro atoms. The summed E-state index contributed by atoms with van der Waals surface area (Å²) in [6.45, 7) is 0. The zero-order chi connectivity index (χ0) is 7.40. The molecule has 11 heavy (non-hydrogen) atoms. The zero-order valence-electron chi connectivity index (χ0n) is 5.24. The van der Waals surface area contributed by atoms with Crippen LogP contribution in [0.4, 0.5) is 5.69 Å². The fourth-order valence-corrected chi connectivity index (χ4v) is 0.966. The van der Waals surface area contributed by atoms with Gasteiger partial charge in [-0.1, -0.05) is 0 Å². The number of thioether (sulfide) groups is 1. The zero-order valence-corrected chi connectivity index (χ0v) is 6.06. The van der Waals surface area contributed by atoms with Crippen LogP contribution < -0.4 is 5.73 Å². The first-order valence-electron chi connectivity index (χ1n) is 2.74. The van der Waals surface area contributed by atoms with Gasteiger partial charge in [-0.05, 0) is 36.0 Å². The van der Waals surface area contributed by atoms with Crippen LogP contribution in [0.15, 0.2) is 29.2 Å². The van der Waals surface area contributed by atoms with Crippen LogP contribution in [0.25, 0.3) is 0 Å². The van der Waals surface area contributed by atoms with Gasteiger partial charge in [-0.3, -0.25) is 0 Å². The second kappa shape index (κ2) is 6.06. The maximum absolute atomic E-state index is 8.27. The number of rotatable bonds is 1. The van der Waals surface area contributed by atoms with Gasteiger partial charge in [-0.25, -0.2) is 0 Å². The number of hydrogen-bond acceptors (Lipinski definition) is 3. The van der Waals surface area contributed by atoms with Crippen molar-refractivity contribution in [2.24, 2.45) is 0 Å². The quantitative estimate of drug-likeness (QED) is 0.313.